The van der Waals surface area contributed by atoms with Gasteiger partial charge in [-0.25, -0.2) is 4.98 Å². The highest BCUT2D eigenvalue weighted by molar-refractivity contribution is 5.48. The van der Waals surface area contributed by atoms with E-state index in [2.05, 4.69) is 60.5 Å². The van der Waals surface area contributed by atoms with Crippen LogP contribution in [0.15, 0.2) is 36.4 Å². The van der Waals surface area contributed by atoms with E-state index in [-0.39, 0.29) is 0 Å². The van der Waals surface area contributed by atoms with E-state index in [4.69, 9.17) is 4.98 Å². The summed E-state index contributed by atoms with van der Waals surface area (Å²) in [5, 5.41) is 3.44. The van der Waals surface area contributed by atoms with Crippen molar-refractivity contribution in [2.45, 2.75) is 39.9 Å². The third-order valence-corrected chi connectivity index (χ3v) is 4.09. The van der Waals surface area contributed by atoms with E-state index >= 15 is 0 Å². The van der Waals surface area contributed by atoms with Gasteiger partial charge in [-0.05, 0) is 42.6 Å². The predicted molar refractivity (Wildman–Crippen MR) is 87.3 cm³/mol. The lowest BCUT2D eigenvalue weighted by Gasteiger charge is -2.18. The Balaban J connectivity index is 1.72. The Hall–Kier alpha value is -1.87. The molecule has 1 aliphatic heterocycles. The van der Waals surface area contributed by atoms with Crippen molar-refractivity contribution in [3.63, 3.8) is 0 Å². The summed E-state index contributed by atoms with van der Waals surface area (Å²) in [4.78, 5) is 7.15. The van der Waals surface area contributed by atoms with Gasteiger partial charge in [0, 0.05) is 25.3 Å². The van der Waals surface area contributed by atoms with Crippen molar-refractivity contribution in [3.05, 3.63) is 58.8 Å². The summed E-state index contributed by atoms with van der Waals surface area (Å²) < 4.78 is 0. The number of anilines is 1. The van der Waals surface area contributed by atoms with Gasteiger partial charge in [0.15, 0.2) is 0 Å². The van der Waals surface area contributed by atoms with Gasteiger partial charge in [-0.2, -0.15) is 0 Å². The fourth-order valence-electron chi connectivity index (χ4n) is 2.83. The zero-order valence-electron chi connectivity index (χ0n) is 12.9. The fourth-order valence-corrected chi connectivity index (χ4v) is 2.83. The summed E-state index contributed by atoms with van der Waals surface area (Å²) in [6.45, 7) is 8.20. The van der Waals surface area contributed by atoms with Crippen molar-refractivity contribution in [1.82, 2.24) is 10.3 Å². The summed E-state index contributed by atoms with van der Waals surface area (Å²) in [5.41, 5.74) is 5.27. The molecular weight excluding hydrogens is 258 g/mol. The minimum atomic E-state index is 0.910. The van der Waals surface area contributed by atoms with Crippen LogP contribution in [-0.4, -0.2) is 11.5 Å². The van der Waals surface area contributed by atoms with Crippen LogP contribution in [0, 0.1) is 6.92 Å². The predicted octanol–water partition coefficient (Wildman–Crippen LogP) is 3.41. The number of benzene rings is 1. The van der Waals surface area contributed by atoms with Crippen LogP contribution < -0.4 is 10.2 Å². The number of rotatable bonds is 5. The third-order valence-electron chi connectivity index (χ3n) is 4.09. The smallest absolute Gasteiger partial charge is 0.129 e. The molecule has 3 nitrogen and oxygen atoms in total. The molecule has 1 N–H and O–H groups in total. The maximum atomic E-state index is 4.80. The highest BCUT2D eigenvalue weighted by atomic mass is 15.2. The molecule has 0 fully saturated rings. The summed E-state index contributed by atoms with van der Waals surface area (Å²) in [6.07, 6.45) is 1.16. The second-order valence-electron chi connectivity index (χ2n) is 5.72. The Kier molecular flexibility index (Phi) is 4.20. The SMILES string of the molecule is CCCNCc1ccc(N2Cc3ccccc3C2)nc1C. The number of hydrogen-bond donors (Lipinski definition) is 1. The number of aryl methyl sites for hydroxylation is 1. The van der Waals surface area contributed by atoms with E-state index in [1.165, 1.54) is 16.7 Å². The van der Waals surface area contributed by atoms with Crippen LogP contribution in [0.25, 0.3) is 0 Å². The van der Waals surface area contributed by atoms with Crippen LogP contribution >= 0.6 is 0 Å². The summed E-state index contributed by atoms with van der Waals surface area (Å²) in [7, 11) is 0. The molecule has 3 rings (SSSR count). The lowest BCUT2D eigenvalue weighted by molar-refractivity contribution is 0.670. The minimum absolute atomic E-state index is 0.910. The lowest BCUT2D eigenvalue weighted by Crippen LogP contribution is -2.18. The molecule has 1 aliphatic rings. The van der Waals surface area contributed by atoms with Crippen molar-refractivity contribution in [3.8, 4) is 0 Å². The zero-order valence-corrected chi connectivity index (χ0v) is 12.9. The van der Waals surface area contributed by atoms with Gasteiger partial charge in [0.25, 0.3) is 0 Å². The first-order valence-corrected chi connectivity index (χ1v) is 7.77. The molecule has 0 spiro atoms. The molecule has 0 amide bonds. The van der Waals surface area contributed by atoms with Crippen molar-refractivity contribution in [2.24, 2.45) is 0 Å². The van der Waals surface area contributed by atoms with Crippen LogP contribution in [-0.2, 0) is 19.6 Å². The molecule has 1 aromatic carbocycles. The Bertz CT molecular complexity index is 597. The molecule has 1 aromatic heterocycles. The normalized spacial score (nSPS) is 13.5. The molecule has 0 radical (unpaired) electrons. The average molecular weight is 281 g/mol. The molecule has 0 saturated heterocycles. The largest absolute Gasteiger partial charge is 0.348 e. The van der Waals surface area contributed by atoms with Crippen LogP contribution in [0.1, 0.15) is 35.7 Å². The molecule has 110 valence electrons. The van der Waals surface area contributed by atoms with Crippen LogP contribution in [0.3, 0.4) is 0 Å². The zero-order chi connectivity index (χ0) is 14.7. The summed E-state index contributed by atoms with van der Waals surface area (Å²) in [6, 6.07) is 13.0. The number of aromatic nitrogens is 1. The lowest BCUT2D eigenvalue weighted by atomic mass is 10.1. The quantitative estimate of drug-likeness (QED) is 0.851. The fraction of sp³-hybridized carbons (Fsp3) is 0.389. The van der Waals surface area contributed by atoms with Crippen molar-refractivity contribution >= 4 is 5.82 Å². The first-order chi connectivity index (χ1) is 10.3. The van der Waals surface area contributed by atoms with Crippen LogP contribution in [0.2, 0.25) is 0 Å². The molecular formula is C18H23N3. The van der Waals surface area contributed by atoms with E-state index in [9.17, 15) is 0 Å². The molecule has 0 unspecified atom stereocenters. The van der Waals surface area contributed by atoms with Gasteiger partial charge in [-0.3, -0.25) is 0 Å². The second-order valence-corrected chi connectivity index (χ2v) is 5.72. The van der Waals surface area contributed by atoms with E-state index < -0.39 is 0 Å². The Labute approximate surface area is 127 Å². The molecule has 2 heterocycles. The van der Waals surface area contributed by atoms with Gasteiger partial charge < -0.3 is 10.2 Å². The average Bonchev–Trinajstić information content (AvgIpc) is 2.93. The van der Waals surface area contributed by atoms with E-state index in [0.29, 0.717) is 0 Å². The topological polar surface area (TPSA) is 28.2 Å². The van der Waals surface area contributed by atoms with E-state index in [1.54, 1.807) is 0 Å². The van der Waals surface area contributed by atoms with Gasteiger partial charge >= 0.3 is 0 Å². The number of fused-ring (bicyclic) bond motifs is 1. The Morgan fingerprint density at radius 3 is 2.43 bits per heavy atom. The van der Waals surface area contributed by atoms with Gasteiger partial charge in [-0.1, -0.05) is 37.3 Å². The molecule has 2 aromatic rings. The molecule has 0 bridgehead atoms. The maximum Gasteiger partial charge on any atom is 0.129 e. The molecule has 3 heteroatoms. The highest BCUT2D eigenvalue weighted by Gasteiger charge is 2.19. The Morgan fingerprint density at radius 1 is 1.10 bits per heavy atom. The number of pyridine rings is 1. The molecule has 21 heavy (non-hydrogen) atoms. The summed E-state index contributed by atoms with van der Waals surface area (Å²) in [5.74, 6) is 1.09. The molecule has 0 atom stereocenters. The van der Waals surface area contributed by atoms with Gasteiger partial charge in [0.1, 0.15) is 5.82 Å². The maximum absolute atomic E-state index is 4.80. The second kappa shape index (κ2) is 6.27. The van der Waals surface area contributed by atoms with Crippen molar-refractivity contribution in [1.29, 1.82) is 0 Å². The first-order valence-electron chi connectivity index (χ1n) is 7.77. The highest BCUT2D eigenvalue weighted by Crippen LogP contribution is 2.27. The third kappa shape index (κ3) is 3.08. The van der Waals surface area contributed by atoms with Crippen molar-refractivity contribution in [2.75, 3.05) is 11.4 Å². The summed E-state index contributed by atoms with van der Waals surface area (Å²) >= 11 is 0. The van der Waals surface area contributed by atoms with Gasteiger partial charge in [-0.15, -0.1) is 0 Å². The standard InChI is InChI=1S/C18H23N3/c1-3-10-19-11-15-8-9-18(20-14(15)2)21-12-16-6-4-5-7-17(16)13-21/h4-9,19H,3,10-13H2,1-2H3. The minimum Gasteiger partial charge on any atom is -0.348 e. The van der Waals surface area contributed by atoms with Crippen LogP contribution in [0.4, 0.5) is 5.82 Å². The molecule has 0 aliphatic carbocycles. The van der Waals surface area contributed by atoms with Gasteiger partial charge in [0.2, 0.25) is 0 Å². The van der Waals surface area contributed by atoms with Gasteiger partial charge in [0.05, 0.1) is 0 Å². The molecule has 0 saturated carbocycles. The number of hydrogen-bond acceptors (Lipinski definition) is 3. The Morgan fingerprint density at radius 2 is 1.81 bits per heavy atom. The van der Waals surface area contributed by atoms with E-state index in [1.807, 2.05) is 0 Å². The van der Waals surface area contributed by atoms with Crippen LogP contribution in [0.5, 0.6) is 0 Å². The monoisotopic (exact) mass is 281 g/mol. The number of nitrogens with one attached hydrogen (secondary N) is 1. The van der Waals surface area contributed by atoms with Crippen molar-refractivity contribution < 1.29 is 0 Å². The first kappa shape index (κ1) is 14.1. The number of nitrogens with zero attached hydrogens (tertiary/aromatic N) is 2. The van der Waals surface area contributed by atoms with E-state index in [0.717, 1.165) is 44.1 Å².